The molecule has 0 radical (unpaired) electrons. The van der Waals surface area contributed by atoms with Crippen molar-refractivity contribution in [2.75, 3.05) is 18.8 Å². The van der Waals surface area contributed by atoms with Gasteiger partial charge >= 0.3 is 6.18 Å². The number of aliphatic hydroxyl groups excluding tert-OH is 1. The van der Waals surface area contributed by atoms with Crippen LogP contribution in [-0.2, 0) is 17.5 Å². The SMILES string of the molecule is Nc1ccc(/C=C/C(=O)NCc2cc3cc(-c4ccc(C(O)N5CCC(F)(F)C5)cc4)cc(C(F)(F)F)c3o2)cn1. The Labute approximate surface area is 231 Å². The molecule has 2 aromatic heterocycles. The fourth-order valence-electron chi connectivity index (χ4n) is 4.62. The highest BCUT2D eigenvalue weighted by Crippen LogP contribution is 2.40. The van der Waals surface area contributed by atoms with Gasteiger partial charge in [0.2, 0.25) is 5.91 Å². The van der Waals surface area contributed by atoms with Crippen LogP contribution < -0.4 is 11.1 Å². The molecule has 4 N–H and O–H groups in total. The van der Waals surface area contributed by atoms with Crippen LogP contribution in [0.1, 0.15) is 35.1 Å². The quantitative estimate of drug-likeness (QED) is 0.192. The summed E-state index contributed by atoms with van der Waals surface area (Å²) in [6.07, 6.45) is -2.07. The van der Waals surface area contributed by atoms with Crippen LogP contribution in [-0.4, -0.2) is 39.9 Å². The topological polar surface area (TPSA) is 105 Å². The van der Waals surface area contributed by atoms with Crippen LogP contribution in [0, 0.1) is 0 Å². The van der Waals surface area contributed by atoms with Gasteiger partial charge in [-0.05, 0) is 58.7 Å². The van der Waals surface area contributed by atoms with Crippen molar-refractivity contribution < 1.29 is 36.3 Å². The normalized spacial score (nSPS) is 16.4. The van der Waals surface area contributed by atoms with E-state index >= 15 is 0 Å². The number of amides is 1. The molecule has 2 aromatic carbocycles. The largest absolute Gasteiger partial charge is 0.459 e. The lowest BCUT2D eigenvalue weighted by Gasteiger charge is -2.23. The predicted octanol–water partition coefficient (Wildman–Crippen LogP) is 5.76. The monoisotopic (exact) mass is 572 g/mol. The van der Waals surface area contributed by atoms with Crippen molar-refractivity contribution in [3.63, 3.8) is 0 Å². The Bertz CT molecular complexity index is 1580. The fourth-order valence-corrected chi connectivity index (χ4v) is 4.62. The maximum atomic E-state index is 14.0. The van der Waals surface area contributed by atoms with Crippen LogP contribution in [0.4, 0.5) is 27.8 Å². The third kappa shape index (κ3) is 6.55. The van der Waals surface area contributed by atoms with Gasteiger partial charge in [0, 0.05) is 30.6 Å². The highest BCUT2D eigenvalue weighted by molar-refractivity contribution is 5.92. The molecule has 1 saturated heterocycles. The Morgan fingerprint density at radius 2 is 1.90 bits per heavy atom. The zero-order valence-corrected chi connectivity index (χ0v) is 21.5. The van der Waals surface area contributed by atoms with Gasteiger partial charge in [0.15, 0.2) is 0 Å². The van der Waals surface area contributed by atoms with E-state index in [1.54, 1.807) is 12.1 Å². The number of nitrogens with two attached hydrogens (primary N) is 1. The molecule has 0 spiro atoms. The van der Waals surface area contributed by atoms with E-state index in [1.165, 1.54) is 59.6 Å². The number of benzene rings is 2. The van der Waals surface area contributed by atoms with Crippen LogP contribution in [0.25, 0.3) is 28.2 Å². The molecule has 3 heterocycles. The number of hydrogen-bond donors (Lipinski definition) is 3. The molecular weight excluding hydrogens is 547 g/mol. The van der Waals surface area contributed by atoms with E-state index in [9.17, 15) is 31.9 Å². The molecule has 1 aliphatic rings. The van der Waals surface area contributed by atoms with Gasteiger partial charge < -0.3 is 20.6 Å². The number of halogens is 5. The number of anilines is 1. The highest BCUT2D eigenvalue weighted by Gasteiger charge is 2.41. The van der Waals surface area contributed by atoms with Crippen LogP contribution in [0.3, 0.4) is 0 Å². The number of nitrogens with one attached hydrogen (secondary N) is 1. The summed E-state index contributed by atoms with van der Waals surface area (Å²) in [5.41, 5.74) is 5.84. The number of rotatable bonds is 7. The third-order valence-corrected chi connectivity index (χ3v) is 6.73. The summed E-state index contributed by atoms with van der Waals surface area (Å²) < 4.78 is 74.5. The van der Waals surface area contributed by atoms with Gasteiger partial charge in [-0.3, -0.25) is 9.69 Å². The molecule has 12 heteroatoms. The van der Waals surface area contributed by atoms with E-state index in [2.05, 4.69) is 10.3 Å². The second kappa shape index (κ2) is 10.9. The summed E-state index contributed by atoms with van der Waals surface area (Å²) in [6, 6.07) is 13.2. The molecule has 4 aromatic rings. The van der Waals surface area contributed by atoms with Crippen LogP contribution in [0.5, 0.6) is 0 Å². The van der Waals surface area contributed by atoms with Crippen molar-refractivity contribution in [1.29, 1.82) is 0 Å². The van der Waals surface area contributed by atoms with Crippen molar-refractivity contribution in [2.45, 2.75) is 31.3 Å². The van der Waals surface area contributed by atoms with E-state index in [-0.39, 0.29) is 41.8 Å². The second-order valence-electron chi connectivity index (χ2n) is 9.79. The molecule has 0 aliphatic carbocycles. The van der Waals surface area contributed by atoms with E-state index in [4.69, 9.17) is 10.2 Å². The van der Waals surface area contributed by atoms with Gasteiger partial charge in [-0.2, -0.15) is 13.2 Å². The molecule has 0 bridgehead atoms. The van der Waals surface area contributed by atoms with Gasteiger partial charge in [-0.25, -0.2) is 13.8 Å². The molecule has 1 amide bonds. The zero-order valence-electron chi connectivity index (χ0n) is 21.5. The summed E-state index contributed by atoms with van der Waals surface area (Å²) in [4.78, 5) is 17.4. The number of aromatic nitrogens is 1. The number of pyridine rings is 1. The Morgan fingerprint density at radius 1 is 1.15 bits per heavy atom. The lowest BCUT2D eigenvalue weighted by Crippen LogP contribution is -2.29. The maximum Gasteiger partial charge on any atom is 0.420 e. The number of alkyl halides is 5. The van der Waals surface area contributed by atoms with E-state index < -0.39 is 36.3 Å². The minimum Gasteiger partial charge on any atom is -0.459 e. The first-order valence-electron chi connectivity index (χ1n) is 12.6. The summed E-state index contributed by atoms with van der Waals surface area (Å²) in [5.74, 6) is -2.90. The number of furan rings is 1. The first-order chi connectivity index (χ1) is 19.4. The van der Waals surface area contributed by atoms with Crippen LogP contribution in [0.15, 0.2) is 71.3 Å². The molecule has 41 heavy (non-hydrogen) atoms. The summed E-state index contributed by atoms with van der Waals surface area (Å²) in [5, 5.41) is 13.2. The smallest absolute Gasteiger partial charge is 0.420 e. The Morgan fingerprint density at radius 3 is 2.54 bits per heavy atom. The molecule has 1 atom stereocenters. The average molecular weight is 573 g/mol. The highest BCUT2D eigenvalue weighted by atomic mass is 19.4. The van der Waals surface area contributed by atoms with E-state index in [0.29, 0.717) is 22.5 Å². The van der Waals surface area contributed by atoms with E-state index in [1.807, 2.05) is 0 Å². The molecule has 0 saturated carbocycles. The number of nitrogens with zero attached hydrogens (tertiary/aromatic N) is 2. The Hall–Kier alpha value is -4.29. The van der Waals surface area contributed by atoms with Crippen LogP contribution in [0.2, 0.25) is 0 Å². The number of nitrogen functional groups attached to an aromatic ring is 1. The average Bonchev–Trinajstić information content (AvgIpc) is 3.52. The van der Waals surface area contributed by atoms with Gasteiger partial charge in [0.1, 0.15) is 23.4 Å². The van der Waals surface area contributed by atoms with E-state index in [0.717, 1.165) is 6.07 Å². The van der Waals surface area contributed by atoms with Crippen molar-refractivity contribution in [1.82, 2.24) is 15.2 Å². The van der Waals surface area contributed by atoms with Gasteiger partial charge in [0.25, 0.3) is 5.92 Å². The first-order valence-corrected chi connectivity index (χ1v) is 12.6. The van der Waals surface area contributed by atoms with Crippen molar-refractivity contribution >= 4 is 28.8 Å². The maximum absolute atomic E-state index is 14.0. The molecule has 214 valence electrons. The minimum absolute atomic E-state index is 0.0289. The summed E-state index contributed by atoms with van der Waals surface area (Å²) >= 11 is 0. The molecule has 1 fully saturated rings. The molecule has 1 unspecified atom stereocenters. The van der Waals surface area contributed by atoms with Gasteiger partial charge in [0.05, 0.1) is 18.7 Å². The summed E-state index contributed by atoms with van der Waals surface area (Å²) in [7, 11) is 0. The second-order valence-corrected chi connectivity index (χ2v) is 9.79. The van der Waals surface area contributed by atoms with Crippen LogP contribution >= 0.6 is 0 Å². The summed E-state index contributed by atoms with van der Waals surface area (Å²) in [6.45, 7) is -0.686. The van der Waals surface area contributed by atoms with Gasteiger partial charge in [-0.1, -0.05) is 24.3 Å². The van der Waals surface area contributed by atoms with Crippen molar-refractivity contribution in [3.05, 3.63) is 89.3 Å². The fraction of sp³-hybridized carbons (Fsp3) is 0.241. The molecule has 5 rings (SSSR count). The molecule has 7 nitrogen and oxygen atoms in total. The first kappa shape index (κ1) is 28.2. The Kier molecular flexibility index (Phi) is 7.54. The minimum atomic E-state index is -4.72. The number of fused-ring (bicyclic) bond motifs is 1. The van der Waals surface area contributed by atoms with Gasteiger partial charge in [-0.15, -0.1) is 0 Å². The number of likely N-dealkylation sites (tertiary alicyclic amines) is 1. The van der Waals surface area contributed by atoms with Crippen molar-refractivity contribution in [2.24, 2.45) is 0 Å². The molecule has 1 aliphatic heterocycles. The zero-order chi connectivity index (χ0) is 29.4. The standard InChI is InChI=1S/C29H25F5N4O3/c30-28(31)9-10-38(16-28)27(40)19-5-3-18(4-6-19)20-11-21-12-22(41-26(21)23(13-20)29(32,33)34)15-37-25(39)8-2-17-1-7-24(35)36-14-17/h1-8,11-14,27,40H,9-10,15-16H2,(H2,35,36)(H,37,39)/b8-2+. The Balaban J connectivity index is 1.34. The predicted molar refractivity (Wildman–Crippen MR) is 142 cm³/mol. The lowest BCUT2D eigenvalue weighted by atomic mass is 9.99. The number of carbonyl (C=O) groups is 1. The van der Waals surface area contributed by atoms with Crippen molar-refractivity contribution in [3.8, 4) is 11.1 Å². The number of hydrogen-bond acceptors (Lipinski definition) is 6. The lowest BCUT2D eigenvalue weighted by molar-refractivity contribution is -0.136. The number of carbonyl (C=O) groups excluding carboxylic acids is 1. The third-order valence-electron chi connectivity index (χ3n) is 6.73. The number of aliphatic hydroxyl groups is 1. The molecular formula is C29H25F5N4O3.